The molecule has 220 valence electrons. The Hall–Kier alpha value is -3.50. The Morgan fingerprint density at radius 1 is 0.951 bits per heavy atom. The quantitative estimate of drug-likeness (QED) is 0.255. The molecule has 0 saturated carbocycles. The average molecular weight is 598 g/mol. The molecule has 0 spiro atoms. The second-order valence-electron chi connectivity index (χ2n) is 9.38. The van der Waals surface area contributed by atoms with Crippen molar-refractivity contribution in [2.45, 2.75) is 56.5 Å². The molecule has 0 fully saturated rings. The van der Waals surface area contributed by atoms with E-state index in [0.29, 0.717) is 31.0 Å². The number of benzene rings is 3. The molecular weight excluding hydrogens is 558 g/mol. The number of nitrogens with zero attached hydrogens (tertiary/aromatic N) is 2. The van der Waals surface area contributed by atoms with Gasteiger partial charge in [0.1, 0.15) is 18.3 Å². The van der Waals surface area contributed by atoms with E-state index in [4.69, 9.17) is 4.74 Å². The molecular formula is C31H39N3O5S2. The zero-order valence-electron chi connectivity index (χ0n) is 24.3. The van der Waals surface area contributed by atoms with Crippen LogP contribution in [0.4, 0.5) is 5.69 Å². The molecule has 1 N–H and O–H groups in total. The van der Waals surface area contributed by atoms with Gasteiger partial charge in [-0.15, -0.1) is 11.8 Å². The molecule has 8 nitrogen and oxygen atoms in total. The number of thioether (sulfide) groups is 1. The summed E-state index contributed by atoms with van der Waals surface area (Å²) in [5.74, 6) is -0.169. The van der Waals surface area contributed by atoms with Crippen LogP contribution in [0.2, 0.25) is 0 Å². The van der Waals surface area contributed by atoms with Gasteiger partial charge in [-0.25, -0.2) is 8.42 Å². The van der Waals surface area contributed by atoms with Crippen LogP contribution in [0.15, 0.2) is 82.6 Å². The van der Waals surface area contributed by atoms with Gasteiger partial charge < -0.3 is 15.0 Å². The zero-order chi connectivity index (χ0) is 30.0. The Labute approximate surface area is 248 Å². The van der Waals surface area contributed by atoms with E-state index in [2.05, 4.69) is 5.32 Å². The predicted octanol–water partition coefficient (Wildman–Crippen LogP) is 5.25. The number of hydrogen-bond donors (Lipinski definition) is 1. The average Bonchev–Trinajstić information content (AvgIpc) is 2.97. The Balaban J connectivity index is 2.07. The summed E-state index contributed by atoms with van der Waals surface area (Å²) in [6.07, 6.45) is 2.28. The molecule has 2 amide bonds. The van der Waals surface area contributed by atoms with Gasteiger partial charge in [0.2, 0.25) is 11.8 Å². The minimum atomic E-state index is -4.14. The number of ether oxygens (including phenoxy) is 1. The monoisotopic (exact) mass is 597 g/mol. The summed E-state index contributed by atoms with van der Waals surface area (Å²) < 4.78 is 34.7. The van der Waals surface area contributed by atoms with Crippen LogP contribution >= 0.6 is 11.8 Å². The molecule has 0 aliphatic heterocycles. The molecule has 1 atom stereocenters. The summed E-state index contributed by atoms with van der Waals surface area (Å²) in [6, 6.07) is 20.0. The smallest absolute Gasteiger partial charge is 0.264 e. The molecule has 3 aromatic rings. The van der Waals surface area contributed by atoms with Gasteiger partial charge in [-0.05, 0) is 93.1 Å². The lowest BCUT2D eigenvalue weighted by Gasteiger charge is -2.33. The van der Waals surface area contributed by atoms with Crippen LogP contribution in [0.25, 0.3) is 0 Å². The SMILES string of the molecule is CCNC(=O)C(CC)N(Cc1ccccc1C)C(=O)CN(c1ccc(OCC)cc1)S(=O)(=O)c1ccc(SC)cc1. The van der Waals surface area contributed by atoms with Crippen LogP contribution in [0.3, 0.4) is 0 Å². The first kappa shape index (κ1) is 32.0. The maximum absolute atomic E-state index is 14.1. The molecule has 0 heterocycles. The maximum Gasteiger partial charge on any atom is 0.264 e. The highest BCUT2D eigenvalue weighted by molar-refractivity contribution is 7.98. The normalized spacial score (nSPS) is 11.9. The number of nitrogens with one attached hydrogen (secondary N) is 1. The Morgan fingerprint density at radius 3 is 2.17 bits per heavy atom. The highest BCUT2D eigenvalue weighted by atomic mass is 32.2. The van der Waals surface area contributed by atoms with Crippen molar-refractivity contribution in [1.29, 1.82) is 0 Å². The largest absolute Gasteiger partial charge is 0.494 e. The number of likely N-dealkylation sites (N-methyl/N-ethyl adjacent to an activating group) is 1. The standard InChI is InChI=1S/C31H39N3O5S2/c1-6-29(31(36)32-7-2)33(21-24-12-10-9-11-23(24)4)30(35)22-34(25-13-15-26(16-14-25)39-8-3)41(37,38)28-19-17-27(40-5)18-20-28/h9-20,29H,6-8,21-22H2,1-5H3,(H,32,36). The van der Waals surface area contributed by atoms with Crippen LogP contribution in [-0.2, 0) is 26.2 Å². The zero-order valence-corrected chi connectivity index (χ0v) is 25.9. The molecule has 0 aliphatic rings. The van der Waals surface area contributed by atoms with Gasteiger partial charge in [0, 0.05) is 18.0 Å². The molecule has 10 heteroatoms. The third kappa shape index (κ3) is 8.04. The minimum absolute atomic E-state index is 0.0678. The fourth-order valence-corrected chi connectivity index (χ4v) is 6.28. The predicted molar refractivity (Wildman–Crippen MR) is 165 cm³/mol. The topological polar surface area (TPSA) is 96.0 Å². The highest BCUT2D eigenvalue weighted by Gasteiger charge is 2.33. The molecule has 3 aromatic carbocycles. The van der Waals surface area contributed by atoms with Gasteiger partial charge in [0.15, 0.2) is 0 Å². The lowest BCUT2D eigenvalue weighted by molar-refractivity contribution is -0.140. The second-order valence-corrected chi connectivity index (χ2v) is 12.1. The third-order valence-electron chi connectivity index (χ3n) is 6.70. The van der Waals surface area contributed by atoms with Crippen molar-refractivity contribution in [3.05, 3.63) is 83.9 Å². The fourth-order valence-electron chi connectivity index (χ4n) is 4.46. The van der Waals surface area contributed by atoms with Crippen LogP contribution in [-0.4, -0.2) is 57.1 Å². The number of carbonyl (C=O) groups excluding carboxylic acids is 2. The molecule has 0 aliphatic carbocycles. The molecule has 0 aromatic heterocycles. The van der Waals surface area contributed by atoms with Crippen molar-refractivity contribution in [3.63, 3.8) is 0 Å². The summed E-state index contributed by atoms with van der Waals surface area (Å²) >= 11 is 1.51. The van der Waals surface area contributed by atoms with Crippen LogP contribution < -0.4 is 14.4 Å². The first-order valence-electron chi connectivity index (χ1n) is 13.7. The van der Waals surface area contributed by atoms with Crippen molar-refractivity contribution >= 4 is 39.3 Å². The number of rotatable bonds is 14. The molecule has 1 unspecified atom stereocenters. The third-order valence-corrected chi connectivity index (χ3v) is 9.23. The highest BCUT2D eigenvalue weighted by Crippen LogP contribution is 2.28. The number of aryl methyl sites for hydroxylation is 1. The number of hydrogen-bond acceptors (Lipinski definition) is 6. The van der Waals surface area contributed by atoms with Gasteiger partial charge in [-0.1, -0.05) is 31.2 Å². The van der Waals surface area contributed by atoms with E-state index >= 15 is 0 Å². The fraction of sp³-hybridized carbons (Fsp3) is 0.355. The van der Waals surface area contributed by atoms with E-state index in [1.165, 1.54) is 16.7 Å². The number of carbonyl (C=O) groups is 2. The van der Waals surface area contributed by atoms with Crippen LogP contribution in [0.1, 0.15) is 38.3 Å². The summed E-state index contributed by atoms with van der Waals surface area (Å²) in [5.41, 5.74) is 2.17. The van der Waals surface area contributed by atoms with Crippen molar-refractivity contribution in [2.75, 3.05) is 30.3 Å². The van der Waals surface area contributed by atoms with Crippen molar-refractivity contribution in [3.8, 4) is 5.75 Å². The second kappa shape index (κ2) is 14.9. The van der Waals surface area contributed by atoms with E-state index in [1.54, 1.807) is 48.5 Å². The van der Waals surface area contributed by atoms with E-state index in [-0.39, 0.29) is 17.3 Å². The van der Waals surface area contributed by atoms with Gasteiger partial charge >= 0.3 is 0 Å². The van der Waals surface area contributed by atoms with Gasteiger partial charge in [0.25, 0.3) is 10.0 Å². The van der Waals surface area contributed by atoms with E-state index in [0.717, 1.165) is 20.3 Å². The number of sulfonamides is 1. The van der Waals surface area contributed by atoms with Crippen molar-refractivity contribution in [2.24, 2.45) is 0 Å². The van der Waals surface area contributed by atoms with E-state index in [9.17, 15) is 18.0 Å². The minimum Gasteiger partial charge on any atom is -0.494 e. The van der Waals surface area contributed by atoms with Crippen molar-refractivity contribution in [1.82, 2.24) is 10.2 Å². The molecule has 0 bridgehead atoms. The Morgan fingerprint density at radius 2 is 1.61 bits per heavy atom. The van der Waals surface area contributed by atoms with Gasteiger partial charge in [-0.3, -0.25) is 13.9 Å². The first-order valence-corrected chi connectivity index (χ1v) is 16.3. The molecule has 0 saturated heterocycles. The van der Waals surface area contributed by atoms with Crippen LogP contribution in [0, 0.1) is 6.92 Å². The lowest BCUT2D eigenvalue weighted by Crippen LogP contribution is -2.52. The molecule has 3 rings (SSSR count). The number of amides is 2. The van der Waals surface area contributed by atoms with Gasteiger partial charge in [-0.2, -0.15) is 0 Å². The van der Waals surface area contributed by atoms with E-state index in [1.807, 2.05) is 58.2 Å². The molecule has 41 heavy (non-hydrogen) atoms. The maximum atomic E-state index is 14.1. The summed E-state index contributed by atoms with van der Waals surface area (Å²) in [5, 5.41) is 2.82. The van der Waals surface area contributed by atoms with Crippen LogP contribution in [0.5, 0.6) is 5.75 Å². The summed E-state index contributed by atoms with van der Waals surface area (Å²) in [6.45, 7) is 8.04. The molecule has 0 radical (unpaired) electrons. The Kier molecular flexibility index (Phi) is 11.7. The van der Waals surface area contributed by atoms with E-state index < -0.39 is 28.5 Å². The number of anilines is 1. The summed E-state index contributed by atoms with van der Waals surface area (Å²) in [4.78, 5) is 29.7. The first-order chi connectivity index (χ1) is 19.7. The Bertz CT molecular complexity index is 1410. The van der Waals surface area contributed by atoms with Gasteiger partial charge in [0.05, 0.1) is 17.2 Å². The lowest BCUT2D eigenvalue weighted by atomic mass is 10.1. The van der Waals surface area contributed by atoms with Crippen molar-refractivity contribution < 1.29 is 22.7 Å². The summed E-state index contributed by atoms with van der Waals surface area (Å²) in [7, 11) is -4.14.